The van der Waals surface area contributed by atoms with Crippen LogP contribution in [0.3, 0.4) is 0 Å². The number of hydrogen-bond donors (Lipinski definition) is 1. The largest absolute Gasteiger partial charge is 0.379 e. The zero-order valence-corrected chi connectivity index (χ0v) is 14.0. The molecule has 0 bridgehead atoms. The summed E-state index contributed by atoms with van der Waals surface area (Å²) in [7, 11) is 0. The molecule has 1 unspecified atom stereocenters. The number of aryl methyl sites for hydroxylation is 1. The summed E-state index contributed by atoms with van der Waals surface area (Å²) in [5.74, 6) is 0.715. The molecule has 23 heavy (non-hydrogen) atoms. The van der Waals surface area contributed by atoms with E-state index in [0.29, 0.717) is 12.3 Å². The highest BCUT2D eigenvalue weighted by Crippen LogP contribution is 2.41. The highest BCUT2D eigenvalue weighted by atomic mass is 16.5. The maximum Gasteiger partial charge on any atom is 0.220 e. The van der Waals surface area contributed by atoms with E-state index in [1.54, 1.807) is 0 Å². The van der Waals surface area contributed by atoms with Crippen molar-refractivity contribution in [2.45, 2.75) is 38.6 Å². The summed E-state index contributed by atoms with van der Waals surface area (Å²) in [5, 5.41) is 3.23. The molecule has 2 fully saturated rings. The number of morpholine rings is 1. The lowest BCUT2D eigenvalue weighted by atomic mass is 10.0. The van der Waals surface area contributed by atoms with Crippen molar-refractivity contribution in [3.05, 3.63) is 29.6 Å². The minimum atomic E-state index is 0.0899. The van der Waals surface area contributed by atoms with Gasteiger partial charge in [0.15, 0.2) is 0 Å². The van der Waals surface area contributed by atoms with Gasteiger partial charge in [-0.25, -0.2) is 0 Å². The van der Waals surface area contributed by atoms with Crippen molar-refractivity contribution in [1.29, 1.82) is 0 Å². The van der Waals surface area contributed by atoms with Crippen LogP contribution in [0, 0.1) is 12.8 Å². The van der Waals surface area contributed by atoms with Crippen LogP contribution in [-0.4, -0.2) is 48.6 Å². The number of aromatic nitrogens is 1. The molecular formula is C18H27N3O2. The van der Waals surface area contributed by atoms with Crippen molar-refractivity contribution in [2.24, 2.45) is 5.92 Å². The Balaban J connectivity index is 1.48. The minimum Gasteiger partial charge on any atom is -0.379 e. The van der Waals surface area contributed by atoms with Crippen LogP contribution in [0.15, 0.2) is 18.3 Å². The summed E-state index contributed by atoms with van der Waals surface area (Å²) in [6.07, 6.45) is 5.70. The Bertz CT molecular complexity index is 525. The Morgan fingerprint density at radius 3 is 2.91 bits per heavy atom. The fraction of sp³-hybridized carbons (Fsp3) is 0.667. The van der Waals surface area contributed by atoms with Crippen LogP contribution in [0.25, 0.3) is 0 Å². The molecule has 126 valence electrons. The SMILES string of the molecule is Cc1cccnc1C(NC(=O)CCCN1CCOCC1)C1CC1. The van der Waals surface area contributed by atoms with Gasteiger partial charge in [0.1, 0.15) is 0 Å². The smallest absolute Gasteiger partial charge is 0.220 e. The molecule has 3 rings (SSSR count). The summed E-state index contributed by atoms with van der Waals surface area (Å²) in [5.41, 5.74) is 2.20. The van der Waals surface area contributed by atoms with E-state index in [1.807, 2.05) is 12.3 Å². The molecule has 0 aromatic carbocycles. The molecule has 2 heterocycles. The predicted octanol–water partition coefficient (Wildman–Crippen LogP) is 2.07. The molecule has 1 saturated carbocycles. The van der Waals surface area contributed by atoms with Crippen LogP contribution < -0.4 is 5.32 Å². The van der Waals surface area contributed by atoms with E-state index in [-0.39, 0.29) is 11.9 Å². The fourth-order valence-corrected chi connectivity index (χ4v) is 3.20. The summed E-state index contributed by atoms with van der Waals surface area (Å²) in [6.45, 7) is 6.65. The summed E-state index contributed by atoms with van der Waals surface area (Å²) < 4.78 is 5.35. The lowest BCUT2D eigenvalue weighted by molar-refractivity contribution is -0.122. The zero-order chi connectivity index (χ0) is 16.1. The molecule has 1 aromatic rings. The highest BCUT2D eigenvalue weighted by molar-refractivity contribution is 5.76. The minimum absolute atomic E-state index is 0.0899. The molecule has 0 radical (unpaired) electrons. The zero-order valence-electron chi connectivity index (χ0n) is 14.0. The average molecular weight is 317 g/mol. The first-order chi connectivity index (χ1) is 11.2. The number of pyridine rings is 1. The van der Waals surface area contributed by atoms with E-state index in [9.17, 15) is 4.79 Å². The van der Waals surface area contributed by atoms with Crippen molar-refractivity contribution in [3.8, 4) is 0 Å². The quantitative estimate of drug-likeness (QED) is 0.836. The molecule has 1 aliphatic heterocycles. The molecule has 1 N–H and O–H groups in total. The van der Waals surface area contributed by atoms with Crippen LogP contribution in [0.4, 0.5) is 0 Å². The molecular weight excluding hydrogens is 290 g/mol. The number of amides is 1. The molecule has 5 nitrogen and oxygen atoms in total. The first-order valence-electron chi connectivity index (χ1n) is 8.75. The molecule has 1 saturated heterocycles. The van der Waals surface area contributed by atoms with Gasteiger partial charge in [0.05, 0.1) is 24.9 Å². The maximum atomic E-state index is 12.3. The lowest BCUT2D eigenvalue weighted by Gasteiger charge is -2.26. The van der Waals surface area contributed by atoms with Gasteiger partial charge in [0, 0.05) is 25.7 Å². The highest BCUT2D eigenvalue weighted by Gasteiger charge is 2.34. The van der Waals surface area contributed by atoms with Gasteiger partial charge in [-0.1, -0.05) is 6.07 Å². The van der Waals surface area contributed by atoms with Crippen LogP contribution in [-0.2, 0) is 9.53 Å². The number of carbonyl (C=O) groups is 1. The van der Waals surface area contributed by atoms with Crippen LogP contribution >= 0.6 is 0 Å². The molecule has 2 aliphatic rings. The number of carbonyl (C=O) groups excluding carboxylic acids is 1. The van der Waals surface area contributed by atoms with Crippen molar-refractivity contribution in [2.75, 3.05) is 32.8 Å². The number of nitrogens with one attached hydrogen (secondary N) is 1. The number of nitrogens with zero attached hydrogens (tertiary/aromatic N) is 2. The van der Waals surface area contributed by atoms with Gasteiger partial charge in [-0.05, 0) is 50.3 Å². The number of hydrogen-bond acceptors (Lipinski definition) is 4. The van der Waals surface area contributed by atoms with E-state index in [0.717, 1.165) is 50.5 Å². The van der Waals surface area contributed by atoms with Gasteiger partial charge >= 0.3 is 0 Å². The third kappa shape index (κ3) is 4.75. The maximum absolute atomic E-state index is 12.3. The van der Waals surface area contributed by atoms with Crippen molar-refractivity contribution >= 4 is 5.91 Å². The number of rotatable bonds is 7. The molecule has 1 amide bonds. The van der Waals surface area contributed by atoms with Gasteiger partial charge < -0.3 is 10.1 Å². The second-order valence-electron chi connectivity index (χ2n) is 6.65. The van der Waals surface area contributed by atoms with Gasteiger partial charge in [-0.15, -0.1) is 0 Å². The van der Waals surface area contributed by atoms with Crippen LogP contribution in [0.1, 0.15) is 43.0 Å². The lowest BCUT2D eigenvalue weighted by Crippen LogP contribution is -2.37. The summed E-state index contributed by atoms with van der Waals surface area (Å²) >= 11 is 0. The third-order valence-corrected chi connectivity index (χ3v) is 4.74. The van der Waals surface area contributed by atoms with E-state index >= 15 is 0 Å². The molecule has 1 aliphatic carbocycles. The van der Waals surface area contributed by atoms with Gasteiger partial charge in [-0.3, -0.25) is 14.7 Å². The summed E-state index contributed by atoms with van der Waals surface area (Å²) in [4.78, 5) is 19.2. The Kier molecular flexibility index (Phi) is 5.62. The molecule has 1 atom stereocenters. The van der Waals surface area contributed by atoms with Crippen molar-refractivity contribution in [1.82, 2.24) is 15.2 Å². The van der Waals surface area contributed by atoms with Gasteiger partial charge in [0.25, 0.3) is 0 Å². The Hall–Kier alpha value is -1.46. The van der Waals surface area contributed by atoms with Crippen LogP contribution in [0.2, 0.25) is 0 Å². The monoisotopic (exact) mass is 317 g/mol. The molecule has 1 aromatic heterocycles. The van der Waals surface area contributed by atoms with Crippen molar-refractivity contribution < 1.29 is 9.53 Å². The molecule has 5 heteroatoms. The van der Waals surface area contributed by atoms with Gasteiger partial charge in [-0.2, -0.15) is 0 Å². The summed E-state index contributed by atoms with van der Waals surface area (Å²) in [6, 6.07) is 4.11. The fourth-order valence-electron chi connectivity index (χ4n) is 3.20. The normalized spacial score (nSPS) is 20.2. The second kappa shape index (κ2) is 7.88. The first-order valence-corrected chi connectivity index (χ1v) is 8.75. The van der Waals surface area contributed by atoms with E-state index < -0.39 is 0 Å². The first kappa shape index (κ1) is 16.4. The Labute approximate surface area is 138 Å². The number of ether oxygens (including phenoxy) is 1. The average Bonchev–Trinajstić information content (AvgIpc) is 3.39. The predicted molar refractivity (Wildman–Crippen MR) is 89.1 cm³/mol. The van der Waals surface area contributed by atoms with E-state index in [4.69, 9.17) is 4.74 Å². The Morgan fingerprint density at radius 1 is 1.43 bits per heavy atom. The topological polar surface area (TPSA) is 54.5 Å². The second-order valence-corrected chi connectivity index (χ2v) is 6.65. The molecule has 0 spiro atoms. The van der Waals surface area contributed by atoms with Gasteiger partial charge in [0.2, 0.25) is 5.91 Å². The van der Waals surface area contributed by atoms with Crippen molar-refractivity contribution in [3.63, 3.8) is 0 Å². The Morgan fingerprint density at radius 2 is 2.22 bits per heavy atom. The third-order valence-electron chi connectivity index (χ3n) is 4.74. The van der Waals surface area contributed by atoms with E-state index in [1.165, 1.54) is 12.8 Å². The van der Waals surface area contributed by atoms with Crippen LogP contribution in [0.5, 0.6) is 0 Å². The van der Waals surface area contributed by atoms with E-state index in [2.05, 4.69) is 28.2 Å². The standard InChI is InChI=1S/C18H27N3O2/c1-14-4-2-8-19-17(14)18(15-6-7-15)20-16(22)5-3-9-21-10-12-23-13-11-21/h2,4,8,15,18H,3,5-7,9-13H2,1H3,(H,20,22).